The highest BCUT2D eigenvalue weighted by Gasteiger charge is 2.26. The lowest BCUT2D eigenvalue weighted by molar-refractivity contribution is 0.0514. The third-order valence-electron chi connectivity index (χ3n) is 4.28. The molecule has 0 bridgehead atoms. The molecule has 0 saturated heterocycles. The zero-order chi connectivity index (χ0) is 19.4. The van der Waals surface area contributed by atoms with Crippen molar-refractivity contribution >= 4 is 17.6 Å². The first-order valence-electron chi connectivity index (χ1n) is 8.22. The fourth-order valence-electron chi connectivity index (χ4n) is 2.89. The van der Waals surface area contributed by atoms with Crippen molar-refractivity contribution in [2.24, 2.45) is 7.05 Å². The summed E-state index contributed by atoms with van der Waals surface area (Å²) in [7, 11) is 4.81. The van der Waals surface area contributed by atoms with Crippen molar-refractivity contribution < 1.29 is 23.8 Å². The van der Waals surface area contributed by atoms with Gasteiger partial charge in [0.15, 0.2) is 0 Å². The van der Waals surface area contributed by atoms with E-state index in [0.717, 1.165) is 0 Å². The van der Waals surface area contributed by atoms with Gasteiger partial charge in [-0.1, -0.05) is 0 Å². The zero-order valence-corrected chi connectivity index (χ0v) is 15.9. The highest BCUT2D eigenvalue weighted by molar-refractivity contribution is 6.09. The first kappa shape index (κ1) is 19.4. The Labute approximate surface area is 152 Å². The number of nitrogens with zero attached hydrogens (tertiary/aromatic N) is 1. The minimum Gasteiger partial charge on any atom is -0.497 e. The van der Waals surface area contributed by atoms with Crippen molar-refractivity contribution in [1.29, 1.82) is 0 Å². The molecule has 0 spiro atoms. The summed E-state index contributed by atoms with van der Waals surface area (Å²) >= 11 is 0. The number of hydrogen-bond acceptors (Lipinski definition) is 5. The Morgan fingerprint density at radius 2 is 1.85 bits per heavy atom. The summed E-state index contributed by atoms with van der Waals surface area (Å²) in [6.07, 6.45) is 0. The third kappa shape index (κ3) is 3.51. The van der Waals surface area contributed by atoms with Crippen LogP contribution in [0, 0.1) is 13.8 Å². The van der Waals surface area contributed by atoms with Gasteiger partial charge in [0.2, 0.25) is 0 Å². The highest BCUT2D eigenvalue weighted by Crippen LogP contribution is 2.30. The summed E-state index contributed by atoms with van der Waals surface area (Å²) in [6, 6.07) is 5.12. The van der Waals surface area contributed by atoms with Crippen molar-refractivity contribution in [1.82, 2.24) is 4.57 Å². The highest BCUT2D eigenvalue weighted by atomic mass is 16.5. The van der Waals surface area contributed by atoms with Crippen LogP contribution in [0.15, 0.2) is 18.2 Å². The molecule has 0 fully saturated rings. The van der Waals surface area contributed by atoms with E-state index < -0.39 is 5.97 Å². The second-order valence-electron chi connectivity index (χ2n) is 5.73. The molecule has 7 heteroatoms. The monoisotopic (exact) mass is 360 g/mol. The number of esters is 1. The fourth-order valence-corrected chi connectivity index (χ4v) is 2.89. The van der Waals surface area contributed by atoms with E-state index in [4.69, 9.17) is 14.2 Å². The zero-order valence-electron chi connectivity index (χ0n) is 15.9. The lowest BCUT2D eigenvalue weighted by Crippen LogP contribution is -2.15. The van der Waals surface area contributed by atoms with Gasteiger partial charge in [-0.05, 0) is 38.5 Å². The van der Waals surface area contributed by atoms with Crippen molar-refractivity contribution in [3.63, 3.8) is 0 Å². The molecule has 2 rings (SSSR count). The Morgan fingerprint density at radius 1 is 1.15 bits per heavy atom. The topological polar surface area (TPSA) is 78.8 Å². The number of hydrogen-bond donors (Lipinski definition) is 1. The van der Waals surface area contributed by atoms with Gasteiger partial charge in [0, 0.05) is 18.8 Å². The van der Waals surface area contributed by atoms with E-state index in [1.165, 1.54) is 7.11 Å². The lowest BCUT2D eigenvalue weighted by Gasteiger charge is -2.12. The summed E-state index contributed by atoms with van der Waals surface area (Å²) in [6.45, 7) is 5.54. The number of anilines is 1. The van der Waals surface area contributed by atoms with Gasteiger partial charge < -0.3 is 24.1 Å². The van der Waals surface area contributed by atoms with E-state index in [9.17, 15) is 9.59 Å². The van der Waals surface area contributed by atoms with E-state index in [1.54, 1.807) is 57.7 Å². The number of ether oxygens (including phenoxy) is 3. The van der Waals surface area contributed by atoms with E-state index >= 15 is 0 Å². The number of rotatable bonds is 6. The summed E-state index contributed by atoms with van der Waals surface area (Å²) in [5.41, 5.74) is 2.58. The molecule has 7 nitrogen and oxygen atoms in total. The van der Waals surface area contributed by atoms with Crippen LogP contribution in [0.3, 0.4) is 0 Å². The van der Waals surface area contributed by atoms with E-state index in [1.807, 2.05) is 0 Å². The molecule has 0 aliphatic rings. The molecule has 1 heterocycles. The lowest BCUT2D eigenvalue weighted by atomic mass is 10.1. The van der Waals surface area contributed by atoms with Gasteiger partial charge in [0.25, 0.3) is 5.91 Å². The average molecular weight is 360 g/mol. The van der Waals surface area contributed by atoms with Gasteiger partial charge in [-0.25, -0.2) is 4.79 Å². The van der Waals surface area contributed by atoms with Gasteiger partial charge in [-0.2, -0.15) is 0 Å². The van der Waals surface area contributed by atoms with Gasteiger partial charge >= 0.3 is 5.97 Å². The number of aromatic nitrogens is 1. The fraction of sp³-hybridized carbons (Fsp3) is 0.368. The molecule has 1 aromatic heterocycles. The maximum absolute atomic E-state index is 12.9. The van der Waals surface area contributed by atoms with Crippen LogP contribution >= 0.6 is 0 Å². The van der Waals surface area contributed by atoms with Crippen molar-refractivity contribution in [2.75, 3.05) is 26.1 Å². The SMILES string of the molecule is CCOC(=O)c1c(C)c(C(=O)Nc2ccc(OC)cc2OC)c(C)n1C. The van der Waals surface area contributed by atoms with Crippen molar-refractivity contribution in [3.8, 4) is 11.5 Å². The number of amides is 1. The van der Waals surface area contributed by atoms with Gasteiger partial charge in [0.05, 0.1) is 32.1 Å². The van der Waals surface area contributed by atoms with Crippen LogP contribution in [0.5, 0.6) is 11.5 Å². The Balaban J connectivity index is 2.39. The summed E-state index contributed by atoms with van der Waals surface area (Å²) in [5, 5.41) is 2.84. The summed E-state index contributed by atoms with van der Waals surface area (Å²) < 4.78 is 17.2. The van der Waals surface area contributed by atoms with Gasteiger partial charge in [-0.3, -0.25) is 4.79 Å². The molecule has 1 amide bonds. The number of methoxy groups -OCH3 is 2. The molecule has 0 aliphatic carbocycles. The van der Waals surface area contributed by atoms with Crippen LogP contribution in [0.2, 0.25) is 0 Å². The maximum atomic E-state index is 12.9. The molecular weight excluding hydrogens is 336 g/mol. The largest absolute Gasteiger partial charge is 0.497 e. The van der Waals surface area contributed by atoms with Crippen LogP contribution in [-0.4, -0.2) is 37.3 Å². The number of carbonyl (C=O) groups is 2. The molecular formula is C19H24N2O5. The quantitative estimate of drug-likeness (QED) is 0.801. The molecule has 0 atom stereocenters. The molecule has 1 N–H and O–H groups in total. The van der Waals surface area contributed by atoms with E-state index in [0.29, 0.717) is 39.7 Å². The summed E-state index contributed by atoms with van der Waals surface area (Å²) in [4.78, 5) is 25.1. The molecule has 2 aromatic rings. The Hall–Kier alpha value is -2.96. The predicted octanol–water partition coefficient (Wildman–Crippen LogP) is 3.09. The first-order valence-corrected chi connectivity index (χ1v) is 8.22. The Bertz CT molecular complexity index is 839. The molecule has 26 heavy (non-hydrogen) atoms. The van der Waals surface area contributed by atoms with Crippen LogP contribution in [0.4, 0.5) is 5.69 Å². The predicted molar refractivity (Wildman–Crippen MR) is 98.3 cm³/mol. The molecule has 0 radical (unpaired) electrons. The smallest absolute Gasteiger partial charge is 0.355 e. The Morgan fingerprint density at radius 3 is 2.42 bits per heavy atom. The van der Waals surface area contributed by atoms with Crippen molar-refractivity contribution in [2.45, 2.75) is 20.8 Å². The minimum absolute atomic E-state index is 0.271. The summed E-state index contributed by atoms with van der Waals surface area (Å²) in [5.74, 6) is 0.331. The van der Waals surface area contributed by atoms with E-state index in [-0.39, 0.29) is 12.5 Å². The van der Waals surface area contributed by atoms with Crippen LogP contribution in [0.1, 0.15) is 39.0 Å². The standard InChI is InChI=1S/C19H24N2O5/c1-7-26-19(23)17-11(2)16(12(3)21(17)4)18(22)20-14-9-8-13(24-5)10-15(14)25-6/h8-10H,7H2,1-6H3,(H,20,22). The van der Waals surface area contributed by atoms with E-state index in [2.05, 4.69) is 5.32 Å². The first-order chi connectivity index (χ1) is 12.3. The molecule has 0 aliphatic heterocycles. The van der Waals surface area contributed by atoms with Crippen LogP contribution in [-0.2, 0) is 11.8 Å². The average Bonchev–Trinajstić information content (AvgIpc) is 2.84. The second-order valence-corrected chi connectivity index (χ2v) is 5.73. The maximum Gasteiger partial charge on any atom is 0.355 e. The van der Waals surface area contributed by atoms with Gasteiger partial charge in [-0.15, -0.1) is 0 Å². The van der Waals surface area contributed by atoms with Crippen LogP contribution < -0.4 is 14.8 Å². The van der Waals surface area contributed by atoms with Gasteiger partial charge in [0.1, 0.15) is 17.2 Å². The van der Waals surface area contributed by atoms with Crippen molar-refractivity contribution in [3.05, 3.63) is 40.7 Å². The third-order valence-corrected chi connectivity index (χ3v) is 4.28. The number of carbonyl (C=O) groups excluding carboxylic acids is 2. The molecule has 0 unspecified atom stereocenters. The normalized spacial score (nSPS) is 10.4. The Kier molecular flexibility index (Phi) is 5.92. The second kappa shape index (κ2) is 7.95. The number of benzene rings is 1. The van der Waals surface area contributed by atoms with Crippen LogP contribution in [0.25, 0.3) is 0 Å². The molecule has 140 valence electrons. The number of nitrogens with one attached hydrogen (secondary N) is 1. The minimum atomic E-state index is -0.448. The molecule has 0 saturated carbocycles. The molecule has 1 aromatic carbocycles.